The Morgan fingerprint density at radius 2 is 1.95 bits per heavy atom. The molecule has 20 heavy (non-hydrogen) atoms. The van der Waals surface area contributed by atoms with E-state index in [0.29, 0.717) is 29.8 Å². The average molecular weight is 278 g/mol. The molecular weight excluding hydrogens is 260 g/mol. The van der Waals surface area contributed by atoms with E-state index >= 15 is 0 Å². The Bertz CT molecular complexity index is 601. The van der Waals surface area contributed by atoms with Gasteiger partial charge in [-0.25, -0.2) is 4.98 Å². The number of aryl methyl sites for hydroxylation is 2. The summed E-state index contributed by atoms with van der Waals surface area (Å²) in [5, 5.41) is 10.3. The van der Waals surface area contributed by atoms with Crippen LogP contribution in [0.15, 0.2) is 8.83 Å². The van der Waals surface area contributed by atoms with Crippen molar-refractivity contribution in [3.05, 3.63) is 29.1 Å². The van der Waals surface area contributed by atoms with Crippen LogP contribution in [0.2, 0.25) is 0 Å². The Morgan fingerprint density at radius 3 is 2.50 bits per heavy atom. The first kappa shape index (κ1) is 14.2. The first-order valence-electron chi connectivity index (χ1n) is 6.58. The quantitative estimate of drug-likeness (QED) is 0.898. The van der Waals surface area contributed by atoms with Gasteiger partial charge in [0.1, 0.15) is 0 Å². The third-order valence-electron chi connectivity index (χ3n) is 2.72. The van der Waals surface area contributed by atoms with Crippen molar-refractivity contribution < 1.29 is 13.6 Å². The van der Waals surface area contributed by atoms with Gasteiger partial charge < -0.3 is 14.2 Å². The molecule has 0 fully saturated rings. The second-order valence-corrected chi connectivity index (χ2v) is 4.75. The lowest BCUT2D eigenvalue weighted by molar-refractivity contribution is 0.0916. The van der Waals surface area contributed by atoms with E-state index in [1.165, 1.54) is 0 Å². The van der Waals surface area contributed by atoms with Gasteiger partial charge in [-0.05, 0) is 6.92 Å². The fourth-order valence-corrected chi connectivity index (χ4v) is 1.61. The van der Waals surface area contributed by atoms with Crippen LogP contribution in [0, 0.1) is 6.92 Å². The molecule has 0 radical (unpaired) electrons. The average Bonchev–Trinajstić information content (AvgIpc) is 3.02. The van der Waals surface area contributed by atoms with Crippen LogP contribution in [-0.4, -0.2) is 21.1 Å². The highest BCUT2D eigenvalue weighted by Gasteiger charge is 2.19. The number of oxazole rings is 1. The van der Waals surface area contributed by atoms with Gasteiger partial charge in [0, 0.05) is 12.3 Å². The van der Waals surface area contributed by atoms with Gasteiger partial charge in [-0.15, -0.1) is 10.2 Å². The lowest BCUT2D eigenvalue weighted by atomic mass is 10.2. The van der Waals surface area contributed by atoms with E-state index in [-0.39, 0.29) is 24.1 Å². The zero-order chi connectivity index (χ0) is 14.7. The zero-order valence-corrected chi connectivity index (χ0v) is 12.1. The molecule has 1 N–H and O–H groups in total. The molecule has 0 aromatic carbocycles. The number of amides is 1. The molecule has 0 aliphatic rings. The Kier molecular flexibility index (Phi) is 4.16. The highest BCUT2D eigenvalue weighted by Crippen LogP contribution is 2.17. The Morgan fingerprint density at radius 1 is 1.25 bits per heavy atom. The van der Waals surface area contributed by atoms with E-state index in [1.54, 1.807) is 6.92 Å². The molecule has 0 aliphatic carbocycles. The van der Waals surface area contributed by atoms with E-state index in [4.69, 9.17) is 8.83 Å². The Balaban J connectivity index is 2.01. The van der Waals surface area contributed by atoms with Gasteiger partial charge in [0.2, 0.25) is 17.5 Å². The van der Waals surface area contributed by atoms with Crippen LogP contribution in [0.5, 0.6) is 0 Å². The highest BCUT2D eigenvalue weighted by atomic mass is 16.4. The van der Waals surface area contributed by atoms with Crippen molar-refractivity contribution in [2.75, 3.05) is 0 Å². The minimum Gasteiger partial charge on any atom is -0.435 e. The molecule has 1 amide bonds. The number of carbonyl (C=O) groups excluding carboxylic acids is 1. The van der Waals surface area contributed by atoms with Crippen molar-refractivity contribution in [3.63, 3.8) is 0 Å². The van der Waals surface area contributed by atoms with Crippen LogP contribution in [-0.2, 0) is 13.0 Å². The summed E-state index contributed by atoms with van der Waals surface area (Å²) in [6.07, 6.45) is 0.667. The maximum Gasteiger partial charge on any atom is 0.289 e. The molecule has 2 rings (SSSR count). The SMILES string of the molecule is CCc1nnc(CNC(=O)c2oc(C(C)C)nc2C)o1. The molecule has 0 saturated heterocycles. The number of rotatable bonds is 5. The number of aromatic nitrogens is 3. The molecular formula is C13H18N4O3. The maximum absolute atomic E-state index is 12.0. The third kappa shape index (κ3) is 3.04. The molecule has 0 saturated carbocycles. The second kappa shape index (κ2) is 5.85. The standard InChI is InChI=1S/C13H18N4O3/c1-5-9-16-17-10(19-9)6-14-12(18)11-8(4)15-13(20-11)7(2)3/h7H,5-6H2,1-4H3,(H,14,18). The molecule has 0 spiro atoms. The van der Waals surface area contributed by atoms with Gasteiger partial charge in [0.25, 0.3) is 5.91 Å². The van der Waals surface area contributed by atoms with Crippen LogP contribution >= 0.6 is 0 Å². The second-order valence-electron chi connectivity index (χ2n) is 4.75. The van der Waals surface area contributed by atoms with Gasteiger partial charge in [-0.3, -0.25) is 4.79 Å². The molecule has 2 aromatic heterocycles. The number of hydrogen-bond donors (Lipinski definition) is 1. The lowest BCUT2D eigenvalue weighted by Gasteiger charge is -2.00. The predicted octanol–water partition coefficient (Wildman–Crippen LogP) is 1.98. The van der Waals surface area contributed by atoms with Crippen molar-refractivity contribution in [3.8, 4) is 0 Å². The summed E-state index contributed by atoms with van der Waals surface area (Å²) in [6.45, 7) is 7.74. The smallest absolute Gasteiger partial charge is 0.289 e. The molecule has 7 heteroatoms. The van der Waals surface area contributed by atoms with E-state index in [1.807, 2.05) is 20.8 Å². The minimum atomic E-state index is -0.335. The molecule has 0 bridgehead atoms. The number of nitrogens with zero attached hydrogens (tertiary/aromatic N) is 3. The summed E-state index contributed by atoms with van der Waals surface area (Å²) < 4.78 is 10.8. The summed E-state index contributed by atoms with van der Waals surface area (Å²) in [6, 6.07) is 0. The van der Waals surface area contributed by atoms with Crippen molar-refractivity contribution in [1.82, 2.24) is 20.5 Å². The first-order chi connectivity index (χ1) is 9.51. The van der Waals surface area contributed by atoms with Crippen LogP contribution in [0.3, 0.4) is 0 Å². The summed E-state index contributed by atoms with van der Waals surface area (Å²) in [5.41, 5.74) is 0.575. The fourth-order valence-electron chi connectivity index (χ4n) is 1.61. The Hall–Kier alpha value is -2.18. The molecule has 2 aromatic rings. The van der Waals surface area contributed by atoms with Crippen molar-refractivity contribution in [2.24, 2.45) is 0 Å². The van der Waals surface area contributed by atoms with Gasteiger partial charge in [-0.2, -0.15) is 0 Å². The highest BCUT2D eigenvalue weighted by molar-refractivity contribution is 5.92. The molecule has 0 aliphatic heterocycles. The molecule has 0 atom stereocenters. The van der Waals surface area contributed by atoms with Gasteiger partial charge >= 0.3 is 0 Å². The predicted molar refractivity (Wildman–Crippen MR) is 70.2 cm³/mol. The molecule has 2 heterocycles. The zero-order valence-electron chi connectivity index (χ0n) is 12.1. The largest absolute Gasteiger partial charge is 0.435 e. The number of carbonyl (C=O) groups is 1. The normalized spacial score (nSPS) is 11.1. The first-order valence-corrected chi connectivity index (χ1v) is 6.58. The van der Waals surface area contributed by atoms with Crippen LogP contribution in [0.1, 0.15) is 60.6 Å². The van der Waals surface area contributed by atoms with Gasteiger partial charge in [0.15, 0.2) is 5.89 Å². The molecule has 108 valence electrons. The van der Waals surface area contributed by atoms with Crippen LogP contribution < -0.4 is 5.32 Å². The topological polar surface area (TPSA) is 94.1 Å². The summed E-state index contributed by atoms with van der Waals surface area (Å²) in [7, 11) is 0. The summed E-state index contributed by atoms with van der Waals surface area (Å²) >= 11 is 0. The minimum absolute atomic E-state index is 0.137. The van der Waals surface area contributed by atoms with E-state index in [2.05, 4.69) is 20.5 Å². The number of nitrogens with one attached hydrogen (secondary N) is 1. The molecule has 0 unspecified atom stereocenters. The van der Waals surface area contributed by atoms with E-state index in [9.17, 15) is 4.79 Å². The van der Waals surface area contributed by atoms with Crippen LogP contribution in [0.4, 0.5) is 0 Å². The third-order valence-corrected chi connectivity index (χ3v) is 2.72. The summed E-state index contributed by atoms with van der Waals surface area (Å²) in [5.74, 6) is 1.50. The lowest BCUT2D eigenvalue weighted by Crippen LogP contribution is -2.23. The monoisotopic (exact) mass is 278 g/mol. The molecule has 7 nitrogen and oxygen atoms in total. The van der Waals surface area contributed by atoms with Gasteiger partial charge in [0.05, 0.1) is 12.2 Å². The Labute approximate surface area is 116 Å². The van der Waals surface area contributed by atoms with Crippen molar-refractivity contribution in [1.29, 1.82) is 0 Å². The number of hydrogen-bond acceptors (Lipinski definition) is 6. The van der Waals surface area contributed by atoms with Crippen molar-refractivity contribution in [2.45, 2.75) is 46.6 Å². The van der Waals surface area contributed by atoms with Crippen molar-refractivity contribution >= 4 is 5.91 Å². The summed E-state index contributed by atoms with van der Waals surface area (Å²) in [4.78, 5) is 16.2. The van der Waals surface area contributed by atoms with E-state index in [0.717, 1.165) is 0 Å². The van der Waals surface area contributed by atoms with E-state index < -0.39 is 0 Å². The van der Waals surface area contributed by atoms with Crippen LogP contribution in [0.25, 0.3) is 0 Å². The maximum atomic E-state index is 12.0. The van der Waals surface area contributed by atoms with Gasteiger partial charge in [-0.1, -0.05) is 20.8 Å². The fraction of sp³-hybridized carbons (Fsp3) is 0.538.